The molecule has 0 radical (unpaired) electrons. The van der Waals surface area contributed by atoms with E-state index in [0.717, 1.165) is 38.9 Å². The van der Waals surface area contributed by atoms with E-state index in [1.54, 1.807) is 6.20 Å². The smallest absolute Gasteiger partial charge is 0.241 e. The van der Waals surface area contributed by atoms with Gasteiger partial charge < -0.3 is 0 Å². The number of sulfonamides is 1. The Morgan fingerprint density at radius 2 is 1.43 bits per heavy atom. The van der Waals surface area contributed by atoms with Gasteiger partial charge in [-0.1, -0.05) is 24.3 Å². The van der Waals surface area contributed by atoms with Gasteiger partial charge in [0.25, 0.3) is 0 Å². The maximum atomic E-state index is 13.2. The number of hydrogen-bond donors (Lipinski definition) is 1. The molecular formula is C22H27N3O2S. The van der Waals surface area contributed by atoms with E-state index in [1.807, 2.05) is 75.8 Å². The summed E-state index contributed by atoms with van der Waals surface area (Å²) in [5.74, 6) is 0. The third-order valence-corrected chi connectivity index (χ3v) is 7.34. The van der Waals surface area contributed by atoms with Crippen molar-refractivity contribution in [2.75, 3.05) is 0 Å². The Hall–Kier alpha value is -2.44. The molecule has 0 bridgehead atoms. The lowest BCUT2D eigenvalue weighted by atomic mass is 9.95. The number of rotatable bonds is 6. The van der Waals surface area contributed by atoms with Gasteiger partial charge in [0.05, 0.1) is 11.4 Å². The summed E-state index contributed by atoms with van der Waals surface area (Å²) in [6.07, 6.45) is 3.63. The van der Waals surface area contributed by atoms with Crippen LogP contribution in [0.15, 0.2) is 47.6 Å². The molecule has 1 heterocycles. The van der Waals surface area contributed by atoms with E-state index in [-0.39, 0.29) is 6.54 Å². The van der Waals surface area contributed by atoms with Crippen LogP contribution in [0.1, 0.15) is 38.9 Å². The lowest BCUT2D eigenvalue weighted by molar-refractivity contribution is 0.579. The first-order valence-electron chi connectivity index (χ1n) is 9.33. The molecule has 0 saturated carbocycles. The average molecular weight is 398 g/mol. The van der Waals surface area contributed by atoms with Crippen LogP contribution in [0.5, 0.6) is 0 Å². The molecule has 148 valence electrons. The van der Waals surface area contributed by atoms with Gasteiger partial charge in [0, 0.05) is 18.9 Å². The molecule has 1 aromatic heterocycles. The van der Waals surface area contributed by atoms with E-state index in [4.69, 9.17) is 0 Å². The van der Waals surface area contributed by atoms with Gasteiger partial charge in [0.1, 0.15) is 0 Å². The highest BCUT2D eigenvalue weighted by Gasteiger charge is 2.23. The Bertz CT molecular complexity index is 1070. The van der Waals surface area contributed by atoms with Crippen LogP contribution in [-0.4, -0.2) is 18.2 Å². The predicted molar refractivity (Wildman–Crippen MR) is 112 cm³/mol. The van der Waals surface area contributed by atoms with E-state index in [9.17, 15) is 8.42 Å². The Balaban J connectivity index is 1.90. The van der Waals surface area contributed by atoms with Gasteiger partial charge in [-0.15, -0.1) is 0 Å². The van der Waals surface area contributed by atoms with Crippen molar-refractivity contribution >= 4 is 10.0 Å². The molecule has 2 aromatic carbocycles. The molecule has 6 heteroatoms. The number of nitrogens with zero attached hydrogens (tertiary/aromatic N) is 2. The van der Waals surface area contributed by atoms with Crippen LogP contribution in [0.4, 0.5) is 0 Å². The van der Waals surface area contributed by atoms with Crippen molar-refractivity contribution in [1.29, 1.82) is 0 Å². The minimum Gasteiger partial charge on any atom is -0.268 e. The Kier molecular flexibility index (Phi) is 5.72. The zero-order valence-electron chi connectivity index (χ0n) is 17.1. The van der Waals surface area contributed by atoms with Gasteiger partial charge in [-0.25, -0.2) is 13.1 Å². The van der Waals surface area contributed by atoms with Crippen LogP contribution in [0, 0.1) is 34.6 Å². The van der Waals surface area contributed by atoms with Crippen molar-refractivity contribution in [1.82, 2.24) is 14.5 Å². The standard InChI is InChI=1S/C22H27N3O2S/c1-15-16(2)18(4)22(19(5)17(15)3)28(26,27)24-13-20-9-6-7-10-21(20)14-25-12-8-11-23-25/h6-12,24H,13-14H2,1-5H3. The third kappa shape index (κ3) is 3.88. The summed E-state index contributed by atoms with van der Waals surface area (Å²) in [6, 6.07) is 9.71. The van der Waals surface area contributed by atoms with Crippen LogP contribution in [0.3, 0.4) is 0 Å². The lowest BCUT2D eigenvalue weighted by Crippen LogP contribution is -2.26. The molecule has 0 spiro atoms. The molecule has 0 fully saturated rings. The topological polar surface area (TPSA) is 64.0 Å². The van der Waals surface area contributed by atoms with Crippen molar-refractivity contribution < 1.29 is 8.42 Å². The molecule has 0 saturated heterocycles. The molecule has 0 amide bonds. The van der Waals surface area contributed by atoms with Crippen LogP contribution < -0.4 is 4.72 Å². The second kappa shape index (κ2) is 7.89. The maximum Gasteiger partial charge on any atom is 0.241 e. The normalized spacial score (nSPS) is 11.8. The largest absolute Gasteiger partial charge is 0.268 e. The Morgan fingerprint density at radius 3 is 2.00 bits per heavy atom. The van der Waals surface area contributed by atoms with Gasteiger partial charge in [-0.3, -0.25) is 4.68 Å². The van der Waals surface area contributed by atoms with Crippen molar-refractivity contribution in [2.24, 2.45) is 0 Å². The molecule has 28 heavy (non-hydrogen) atoms. The SMILES string of the molecule is Cc1c(C)c(C)c(S(=O)(=O)NCc2ccccc2Cn2cccn2)c(C)c1C. The number of benzene rings is 2. The van der Waals surface area contributed by atoms with Crippen LogP contribution in [-0.2, 0) is 23.1 Å². The lowest BCUT2D eigenvalue weighted by Gasteiger charge is -2.19. The molecule has 0 atom stereocenters. The van der Waals surface area contributed by atoms with Crippen LogP contribution >= 0.6 is 0 Å². The van der Waals surface area contributed by atoms with Crippen molar-refractivity contribution in [3.05, 3.63) is 81.7 Å². The highest BCUT2D eigenvalue weighted by molar-refractivity contribution is 7.89. The van der Waals surface area contributed by atoms with Gasteiger partial charge in [0.15, 0.2) is 0 Å². The summed E-state index contributed by atoms with van der Waals surface area (Å²) in [5.41, 5.74) is 6.83. The summed E-state index contributed by atoms with van der Waals surface area (Å²) < 4.78 is 31.0. The Labute approximate surface area is 167 Å². The number of hydrogen-bond acceptors (Lipinski definition) is 3. The highest BCUT2D eigenvalue weighted by atomic mass is 32.2. The molecular weight excluding hydrogens is 370 g/mol. The second-order valence-corrected chi connectivity index (χ2v) is 8.95. The van der Waals surface area contributed by atoms with E-state index in [1.165, 1.54) is 0 Å². The molecule has 0 aliphatic carbocycles. The number of aromatic nitrogens is 2. The molecule has 1 N–H and O–H groups in total. The molecule has 0 unspecified atom stereocenters. The fourth-order valence-electron chi connectivity index (χ4n) is 3.57. The molecule has 3 aromatic rings. The van der Waals surface area contributed by atoms with E-state index < -0.39 is 10.0 Å². The van der Waals surface area contributed by atoms with Crippen molar-refractivity contribution in [2.45, 2.75) is 52.6 Å². The molecule has 0 aliphatic heterocycles. The highest BCUT2D eigenvalue weighted by Crippen LogP contribution is 2.29. The van der Waals surface area contributed by atoms with Gasteiger partial charge in [0.2, 0.25) is 10.0 Å². The van der Waals surface area contributed by atoms with E-state index in [2.05, 4.69) is 9.82 Å². The number of nitrogens with one attached hydrogen (secondary N) is 1. The van der Waals surface area contributed by atoms with E-state index in [0.29, 0.717) is 11.4 Å². The van der Waals surface area contributed by atoms with Gasteiger partial charge in [-0.05, 0) is 79.6 Å². The monoisotopic (exact) mass is 397 g/mol. The van der Waals surface area contributed by atoms with Gasteiger partial charge in [-0.2, -0.15) is 5.10 Å². The molecule has 5 nitrogen and oxygen atoms in total. The summed E-state index contributed by atoms with van der Waals surface area (Å²) >= 11 is 0. The quantitative estimate of drug-likeness (QED) is 0.685. The third-order valence-electron chi connectivity index (χ3n) is 5.66. The van der Waals surface area contributed by atoms with Crippen LogP contribution in [0.25, 0.3) is 0 Å². The predicted octanol–water partition coefficient (Wildman–Crippen LogP) is 3.95. The first-order valence-corrected chi connectivity index (χ1v) is 10.8. The molecule has 0 aliphatic rings. The fraction of sp³-hybridized carbons (Fsp3) is 0.318. The maximum absolute atomic E-state index is 13.2. The average Bonchev–Trinajstić information content (AvgIpc) is 3.17. The zero-order chi connectivity index (χ0) is 20.5. The van der Waals surface area contributed by atoms with Crippen molar-refractivity contribution in [3.8, 4) is 0 Å². The summed E-state index contributed by atoms with van der Waals surface area (Å²) in [5, 5.41) is 4.24. The summed E-state index contributed by atoms with van der Waals surface area (Å²) in [7, 11) is -3.63. The van der Waals surface area contributed by atoms with Gasteiger partial charge >= 0.3 is 0 Å². The first-order chi connectivity index (χ1) is 13.2. The summed E-state index contributed by atoms with van der Waals surface area (Å²) in [4.78, 5) is 0.401. The second-order valence-electron chi connectivity index (χ2n) is 7.25. The minimum atomic E-state index is -3.63. The van der Waals surface area contributed by atoms with Crippen molar-refractivity contribution in [3.63, 3.8) is 0 Å². The molecule has 3 rings (SSSR count). The fourth-order valence-corrected chi connectivity index (χ4v) is 5.17. The first kappa shape index (κ1) is 20.3. The van der Waals surface area contributed by atoms with Crippen LogP contribution in [0.2, 0.25) is 0 Å². The minimum absolute atomic E-state index is 0.241. The zero-order valence-corrected chi connectivity index (χ0v) is 17.9. The Morgan fingerprint density at radius 1 is 0.857 bits per heavy atom. The summed E-state index contributed by atoms with van der Waals surface area (Å²) in [6.45, 7) is 10.6. The van der Waals surface area contributed by atoms with E-state index >= 15 is 0 Å².